The van der Waals surface area contributed by atoms with E-state index in [4.69, 9.17) is 0 Å². The van der Waals surface area contributed by atoms with Gasteiger partial charge in [0.2, 0.25) is 5.91 Å². The van der Waals surface area contributed by atoms with E-state index in [2.05, 4.69) is 10.0 Å². The quantitative estimate of drug-likeness (QED) is 0.603. The van der Waals surface area contributed by atoms with Gasteiger partial charge in [0.05, 0.1) is 4.90 Å². The number of hydrogen-bond donors (Lipinski definition) is 2. The summed E-state index contributed by atoms with van der Waals surface area (Å²) in [5.74, 6) is -0.00350. The van der Waals surface area contributed by atoms with Crippen LogP contribution in [0.15, 0.2) is 59.5 Å². The fraction of sp³-hybridized carbons (Fsp3) is 0.462. The zero-order valence-electron chi connectivity index (χ0n) is 19.4. The second-order valence-corrected chi connectivity index (χ2v) is 10.9. The Morgan fingerprint density at radius 3 is 2.03 bits per heavy atom. The molecule has 2 aliphatic rings. The van der Waals surface area contributed by atoms with Gasteiger partial charge in [-0.25, -0.2) is 8.42 Å². The number of nitrogens with zero attached hydrogens (tertiary/aromatic N) is 1. The van der Waals surface area contributed by atoms with Crippen molar-refractivity contribution >= 4 is 27.5 Å². The minimum atomic E-state index is -3.68. The van der Waals surface area contributed by atoms with Crippen LogP contribution in [0.3, 0.4) is 0 Å². The van der Waals surface area contributed by atoms with Crippen LogP contribution in [0.25, 0.3) is 0 Å². The first-order valence-electron chi connectivity index (χ1n) is 12.2. The molecule has 4 rings (SSSR count). The molecule has 0 spiro atoms. The Hall–Kier alpha value is -2.87. The molecule has 7 nitrogen and oxygen atoms in total. The van der Waals surface area contributed by atoms with Gasteiger partial charge in [-0.1, -0.05) is 43.9 Å². The van der Waals surface area contributed by atoms with Gasteiger partial charge in [-0.3, -0.25) is 14.3 Å². The normalized spacial score (nSPS) is 18.2. The van der Waals surface area contributed by atoms with Gasteiger partial charge in [0.1, 0.15) is 0 Å². The van der Waals surface area contributed by atoms with Crippen molar-refractivity contribution in [2.75, 3.05) is 17.8 Å². The summed E-state index contributed by atoms with van der Waals surface area (Å²) >= 11 is 0. The molecule has 0 radical (unpaired) electrons. The molecule has 8 heteroatoms. The molecule has 1 aliphatic carbocycles. The molecule has 34 heavy (non-hydrogen) atoms. The molecule has 0 aromatic heterocycles. The van der Waals surface area contributed by atoms with E-state index in [-0.39, 0.29) is 22.6 Å². The van der Waals surface area contributed by atoms with E-state index in [1.165, 1.54) is 37.8 Å². The molecule has 1 aliphatic heterocycles. The zero-order valence-corrected chi connectivity index (χ0v) is 20.2. The number of sulfonamides is 1. The van der Waals surface area contributed by atoms with Gasteiger partial charge < -0.3 is 10.2 Å². The van der Waals surface area contributed by atoms with E-state index in [1.54, 1.807) is 47.4 Å². The maximum absolute atomic E-state index is 12.9. The summed E-state index contributed by atoms with van der Waals surface area (Å²) in [4.78, 5) is 27.6. The van der Waals surface area contributed by atoms with Gasteiger partial charge in [-0.05, 0) is 62.1 Å². The van der Waals surface area contributed by atoms with Gasteiger partial charge >= 0.3 is 0 Å². The predicted octanol–water partition coefficient (Wildman–Crippen LogP) is 4.18. The average Bonchev–Trinajstić information content (AvgIpc) is 3.13. The summed E-state index contributed by atoms with van der Waals surface area (Å²) < 4.78 is 27.5. The van der Waals surface area contributed by atoms with Crippen molar-refractivity contribution < 1.29 is 18.0 Å². The van der Waals surface area contributed by atoms with Gasteiger partial charge in [-0.15, -0.1) is 0 Å². The van der Waals surface area contributed by atoms with Crippen molar-refractivity contribution in [2.45, 2.75) is 62.3 Å². The second kappa shape index (κ2) is 11.0. The van der Waals surface area contributed by atoms with E-state index in [1.807, 2.05) is 0 Å². The van der Waals surface area contributed by atoms with Crippen LogP contribution in [0.5, 0.6) is 0 Å². The highest BCUT2D eigenvalue weighted by atomic mass is 32.2. The molecule has 0 atom stereocenters. The molecule has 2 N–H and O–H groups in total. The molecular formula is C26H33N3O4S. The SMILES string of the molecule is O=C(NC1CCCCCC1)C1CCN(C(=O)c2ccc(NS(=O)(=O)c3ccccc3)cc2)CC1. The van der Waals surface area contributed by atoms with Gasteiger partial charge in [-0.2, -0.15) is 0 Å². The fourth-order valence-electron chi connectivity index (χ4n) is 4.76. The Morgan fingerprint density at radius 2 is 1.41 bits per heavy atom. The Bertz CT molecular complexity index is 1070. The molecule has 2 amide bonds. The maximum atomic E-state index is 12.9. The Kier molecular flexibility index (Phi) is 7.88. The number of carbonyl (C=O) groups is 2. The summed E-state index contributed by atoms with van der Waals surface area (Å²) in [5.41, 5.74) is 0.901. The number of amides is 2. The zero-order chi connectivity index (χ0) is 24.0. The van der Waals surface area contributed by atoms with Gasteiger partial charge in [0.25, 0.3) is 15.9 Å². The van der Waals surface area contributed by atoms with Crippen molar-refractivity contribution in [1.82, 2.24) is 10.2 Å². The summed E-state index contributed by atoms with van der Waals surface area (Å²) in [6.07, 6.45) is 8.36. The smallest absolute Gasteiger partial charge is 0.261 e. The number of nitrogens with one attached hydrogen (secondary N) is 2. The van der Waals surface area contributed by atoms with Crippen molar-refractivity contribution in [3.8, 4) is 0 Å². The van der Waals surface area contributed by atoms with Crippen molar-refractivity contribution in [1.29, 1.82) is 0 Å². The van der Waals surface area contributed by atoms with Crippen LogP contribution >= 0.6 is 0 Å². The van der Waals surface area contributed by atoms with Crippen molar-refractivity contribution in [3.63, 3.8) is 0 Å². The third-order valence-corrected chi connectivity index (χ3v) is 8.19. The molecule has 0 bridgehead atoms. The van der Waals surface area contributed by atoms with Crippen LogP contribution < -0.4 is 10.0 Å². The highest BCUT2D eigenvalue weighted by Gasteiger charge is 2.29. The summed E-state index contributed by atoms with van der Waals surface area (Å²) in [6, 6.07) is 14.9. The second-order valence-electron chi connectivity index (χ2n) is 9.26. The highest BCUT2D eigenvalue weighted by molar-refractivity contribution is 7.92. The number of anilines is 1. The molecular weight excluding hydrogens is 450 g/mol. The number of benzene rings is 2. The summed E-state index contributed by atoms with van der Waals surface area (Å²) in [5, 5.41) is 3.24. The number of carbonyl (C=O) groups excluding carboxylic acids is 2. The topological polar surface area (TPSA) is 95.6 Å². The predicted molar refractivity (Wildman–Crippen MR) is 132 cm³/mol. The van der Waals surface area contributed by atoms with Crippen LogP contribution in [0, 0.1) is 5.92 Å². The van der Waals surface area contributed by atoms with Crippen LogP contribution in [0.2, 0.25) is 0 Å². The number of piperidine rings is 1. The first-order chi connectivity index (χ1) is 16.4. The first kappa shape index (κ1) is 24.3. The molecule has 2 aromatic rings. The maximum Gasteiger partial charge on any atom is 0.261 e. The molecule has 1 saturated heterocycles. The minimum Gasteiger partial charge on any atom is -0.353 e. The lowest BCUT2D eigenvalue weighted by Gasteiger charge is -2.32. The van der Waals surface area contributed by atoms with E-state index in [0.29, 0.717) is 43.2 Å². The molecule has 182 valence electrons. The standard InChI is InChI=1S/C26H33N3O4S/c30-25(27-22-8-4-1-2-5-9-22)20-16-18-29(19-17-20)26(31)21-12-14-23(15-13-21)28-34(32,33)24-10-6-3-7-11-24/h3,6-7,10-15,20,22,28H,1-2,4-5,8-9,16-19H2,(H,27,30). The lowest BCUT2D eigenvalue weighted by atomic mass is 9.94. The van der Waals surface area contributed by atoms with Crippen LogP contribution in [0.4, 0.5) is 5.69 Å². The third kappa shape index (κ3) is 6.17. The van der Waals surface area contributed by atoms with Crippen molar-refractivity contribution in [2.24, 2.45) is 5.92 Å². The Labute approximate surface area is 202 Å². The molecule has 2 fully saturated rings. The first-order valence-corrected chi connectivity index (χ1v) is 13.7. The number of rotatable bonds is 6. The third-order valence-electron chi connectivity index (χ3n) is 6.79. The molecule has 0 unspecified atom stereocenters. The lowest BCUT2D eigenvalue weighted by molar-refractivity contribution is -0.127. The molecule has 1 saturated carbocycles. The van der Waals surface area contributed by atoms with E-state index in [9.17, 15) is 18.0 Å². The average molecular weight is 484 g/mol. The Morgan fingerprint density at radius 1 is 0.794 bits per heavy atom. The Balaban J connectivity index is 1.29. The van der Waals surface area contributed by atoms with E-state index in [0.717, 1.165) is 12.8 Å². The summed E-state index contributed by atoms with van der Waals surface area (Å²) in [6.45, 7) is 1.09. The lowest BCUT2D eigenvalue weighted by Crippen LogP contribution is -2.45. The van der Waals surface area contributed by atoms with Crippen LogP contribution in [-0.2, 0) is 14.8 Å². The van der Waals surface area contributed by atoms with E-state index >= 15 is 0 Å². The minimum absolute atomic E-state index is 0.0397. The number of likely N-dealkylation sites (tertiary alicyclic amines) is 1. The van der Waals surface area contributed by atoms with Gasteiger partial charge in [0.15, 0.2) is 0 Å². The fourth-order valence-corrected chi connectivity index (χ4v) is 5.84. The van der Waals surface area contributed by atoms with Crippen LogP contribution in [0.1, 0.15) is 61.7 Å². The molecule has 2 aromatic carbocycles. The van der Waals surface area contributed by atoms with Gasteiger partial charge in [0, 0.05) is 36.3 Å². The van der Waals surface area contributed by atoms with Crippen molar-refractivity contribution in [3.05, 3.63) is 60.2 Å². The van der Waals surface area contributed by atoms with Crippen LogP contribution in [-0.4, -0.2) is 44.3 Å². The summed E-state index contributed by atoms with van der Waals surface area (Å²) in [7, 11) is -3.68. The number of hydrogen-bond acceptors (Lipinski definition) is 4. The largest absolute Gasteiger partial charge is 0.353 e. The molecule has 1 heterocycles. The van der Waals surface area contributed by atoms with E-state index < -0.39 is 10.0 Å². The highest BCUT2D eigenvalue weighted by Crippen LogP contribution is 2.23. The monoisotopic (exact) mass is 483 g/mol.